The first-order valence-corrected chi connectivity index (χ1v) is 5.81. The third kappa shape index (κ3) is 2.62. The smallest absolute Gasteiger partial charge is 0.234 e. The van der Waals surface area contributed by atoms with E-state index < -0.39 is 0 Å². The van der Waals surface area contributed by atoms with Crippen molar-refractivity contribution in [2.45, 2.75) is 20.4 Å². The van der Waals surface area contributed by atoms with E-state index in [9.17, 15) is 0 Å². The van der Waals surface area contributed by atoms with Gasteiger partial charge in [-0.15, -0.1) is 0 Å². The number of hydrogen-bond acceptors (Lipinski definition) is 4. The highest BCUT2D eigenvalue weighted by Crippen LogP contribution is 2.09. The molecule has 0 bridgehead atoms. The van der Waals surface area contributed by atoms with Gasteiger partial charge in [0, 0.05) is 37.2 Å². The molecule has 0 radical (unpaired) electrons. The molecular formula is C12H19N5. The molecule has 5 heteroatoms. The summed E-state index contributed by atoms with van der Waals surface area (Å²) in [6.07, 6.45) is 2.05. The Bertz CT molecular complexity index is 517. The van der Waals surface area contributed by atoms with Crippen LogP contribution in [0.2, 0.25) is 0 Å². The largest absolute Gasteiger partial charge is 0.329 e. The lowest BCUT2D eigenvalue weighted by molar-refractivity contribution is 0.333. The number of aryl methyl sites for hydroxylation is 2. The summed E-state index contributed by atoms with van der Waals surface area (Å²) in [6.45, 7) is 6.40. The molecule has 0 unspecified atom stereocenters. The van der Waals surface area contributed by atoms with Crippen molar-refractivity contribution in [2.75, 3.05) is 20.1 Å². The van der Waals surface area contributed by atoms with Crippen LogP contribution in [-0.4, -0.2) is 39.4 Å². The molecule has 0 saturated carbocycles. The molecule has 92 valence electrons. The molecule has 17 heavy (non-hydrogen) atoms. The molecule has 5 nitrogen and oxygen atoms in total. The molecule has 0 aliphatic rings. The third-order valence-electron chi connectivity index (χ3n) is 2.75. The van der Waals surface area contributed by atoms with Gasteiger partial charge in [-0.1, -0.05) is 0 Å². The summed E-state index contributed by atoms with van der Waals surface area (Å²) in [5.74, 6) is 0.777. The average molecular weight is 233 g/mol. The summed E-state index contributed by atoms with van der Waals surface area (Å²) in [5, 5.41) is 0. The highest BCUT2D eigenvalue weighted by atomic mass is 15.1. The van der Waals surface area contributed by atoms with E-state index in [-0.39, 0.29) is 0 Å². The zero-order valence-electron chi connectivity index (χ0n) is 10.6. The SMILES string of the molecule is Cc1cc(C)n2cc(CN(C)CCN)nc2n1. The van der Waals surface area contributed by atoms with Crippen molar-refractivity contribution >= 4 is 5.78 Å². The monoisotopic (exact) mass is 233 g/mol. The second-order valence-electron chi connectivity index (χ2n) is 4.47. The Hall–Kier alpha value is -1.46. The maximum absolute atomic E-state index is 5.52. The number of fused-ring (bicyclic) bond motifs is 1. The van der Waals surface area contributed by atoms with Gasteiger partial charge in [-0.25, -0.2) is 9.97 Å². The lowest BCUT2D eigenvalue weighted by Gasteiger charge is -2.12. The van der Waals surface area contributed by atoms with Crippen LogP contribution in [0, 0.1) is 13.8 Å². The first-order valence-electron chi connectivity index (χ1n) is 5.81. The van der Waals surface area contributed by atoms with E-state index in [1.54, 1.807) is 0 Å². The van der Waals surface area contributed by atoms with Crippen molar-refractivity contribution < 1.29 is 0 Å². The summed E-state index contributed by atoms with van der Waals surface area (Å²) in [6, 6.07) is 2.06. The fraction of sp³-hybridized carbons (Fsp3) is 0.500. The fourth-order valence-electron chi connectivity index (χ4n) is 1.97. The van der Waals surface area contributed by atoms with Crippen molar-refractivity contribution in [1.29, 1.82) is 0 Å². The average Bonchev–Trinajstić information content (AvgIpc) is 2.60. The maximum Gasteiger partial charge on any atom is 0.234 e. The molecule has 2 rings (SSSR count). The van der Waals surface area contributed by atoms with E-state index in [1.807, 2.05) is 24.6 Å². The Morgan fingerprint density at radius 3 is 2.82 bits per heavy atom. The van der Waals surface area contributed by atoms with E-state index in [0.29, 0.717) is 6.54 Å². The Labute approximate surface area is 101 Å². The minimum absolute atomic E-state index is 0.667. The van der Waals surface area contributed by atoms with Crippen LogP contribution in [-0.2, 0) is 6.54 Å². The van der Waals surface area contributed by atoms with Crippen LogP contribution in [0.5, 0.6) is 0 Å². The zero-order chi connectivity index (χ0) is 12.4. The van der Waals surface area contributed by atoms with Gasteiger partial charge < -0.3 is 5.73 Å². The number of aromatic nitrogens is 3. The molecule has 0 fully saturated rings. The molecule has 2 N–H and O–H groups in total. The lowest BCUT2D eigenvalue weighted by Crippen LogP contribution is -2.25. The van der Waals surface area contributed by atoms with E-state index in [2.05, 4.69) is 27.9 Å². The second-order valence-corrected chi connectivity index (χ2v) is 4.47. The predicted molar refractivity (Wildman–Crippen MR) is 67.8 cm³/mol. The Balaban J connectivity index is 2.28. The van der Waals surface area contributed by atoms with Gasteiger partial charge in [0.05, 0.1) is 5.69 Å². The highest BCUT2D eigenvalue weighted by molar-refractivity contribution is 5.34. The van der Waals surface area contributed by atoms with Crippen molar-refractivity contribution in [3.05, 3.63) is 29.3 Å². The van der Waals surface area contributed by atoms with Crippen molar-refractivity contribution in [3.8, 4) is 0 Å². The first kappa shape index (κ1) is 12.0. The molecule has 2 heterocycles. The molecule has 0 spiro atoms. The quantitative estimate of drug-likeness (QED) is 0.846. The Morgan fingerprint density at radius 1 is 1.35 bits per heavy atom. The topological polar surface area (TPSA) is 59.5 Å². The van der Waals surface area contributed by atoms with Gasteiger partial charge in [0.25, 0.3) is 0 Å². The summed E-state index contributed by atoms with van der Waals surface area (Å²) in [5.41, 5.74) is 8.71. The minimum Gasteiger partial charge on any atom is -0.329 e. The first-order chi connectivity index (χ1) is 8.10. The van der Waals surface area contributed by atoms with E-state index in [1.165, 1.54) is 0 Å². The van der Waals surface area contributed by atoms with Gasteiger partial charge in [0.15, 0.2) is 0 Å². The molecule has 0 amide bonds. The Morgan fingerprint density at radius 2 is 2.12 bits per heavy atom. The van der Waals surface area contributed by atoms with Crippen molar-refractivity contribution in [3.63, 3.8) is 0 Å². The number of likely N-dealkylation sites (N-methyl/N-ethyl adjacent to an activating group) is 1. The number of rotatable bonds is 4. The van der Waals surface area contributed by atoms with Crippen LogP contribution in [0.1, 0.15) is 17.1 Å². The van der Waals surface area contributed by atoms with Gasteiger partial charge in [0.2, 0.25) is 5.78 Å². The number of imidazole rings is 1. The fourth-order valence-corrected chi connectivity index (χ4v) is 1.97. The summed E-state index contributed by atoms with van der Waals surface area (Å²) < 4.78 is 2.03. The number of hydrogen-bond donors (Lipinski definition) is 1. The molecule has 0 saturated heterocycles. The van der Waals surface area contributed by atoms with Crippen LogP contribution in [0.4, 0.5) is 0 Å². The van der Waals surface area contributed by atoms with Gasteiger partial charge in [-0.05, 0) is 27.0 Å². The van der Waals surface area contributed by atoms with Crippen LogP contribution in [0.3, 0.4) is 0 Å². The van der Waals surface area contributed by atoms with Crippen molar-refractivity contribution in [2.24, 2.45) is 5.73 Å². The van der Waals surface area contributed by atoms with Crippen LogP contribution < -0.4 is 5.73 Å². The Kier molecular flexibility index (Phi) is 3.40. The molecule has 0 aliphatic heterocycles. The van der Waals surface area contributed by atoms with Gasteiger partial charge >= 0.3 is 0 Å². The van der Waals surface area contributed by atoms with Crippen molar-refractivity contribution in [1.82, 2.24) is 19.3 Å². The molecule has 0 aromatic carbocycles. The number of nitrogens with two attached hydrogens (primary N) is 1. The van der Waals surface area contributed by atoms with E-state index in [0.717, 1.165) is 35.9 Å². The zero-order valence-corrected chi connectivity index (χ0v) is 10.6. The highest BCUT2D eigenvalue weighted by Gasteiger charge is 2.07. The van der Waals surface area contributed by atoms with Gasteiger partial charge in [-0.2, -0.15) is 0 Å². The number of nitrogens with zero attached hydrogens (tertiary/aromatic N) is 4. The molecule has 0 atom stereocenters. The second kappa shape index (κ2) is 4.81. The molecule has 2 aromatic rings. The van der Waals surface area contributed by atoms with E-state index >= 15 is 0 Å². The lowest BCUT2D eigenvalue weighted by atomic mass is 10.3. The van der Waals surface area contributed by atoms with Crippen LogP contribution in [0.15, 0.2) is 12.3 Å². The molecule has 2 aromatic heterocycles. The van der Waals surface area contributed by atoms with Crippen LogP contribution in [0.25, 0.3) is 5.78 Å². The summed E-state index contributed by atoms with van der Waals surface area (Å²) in [4.78, 5) is 11.1. The normalized spacial score (nSPS) is 11.6. The molecule has 0 aliphatic carbocycles. The maximum atomic E-state index is 5.52. The standard InChI is InChI=1S/C12H19N5/c1-9-6-10(2)17-8-11(15-12(17)14-9)7-16(3)5-4-13/h6,8H,4-5,7,13H2,1-3H3. The minimum atomic E-state index is 0.667. The predicted octanol–water partition coefficient (Wildman–Crippen LogP) is 0.737. The molecular weight excluding hydrogens is 214 g/mol. The van der Waals surface area contributed by atoms with Gasteiger partial charge in [0.1, 0.15) is 0 Å². The third-order valence-corrected chi connectivity index (χ3v) is 2.75. The van der Waals surface area contributed by atoms with Gasteiger partial charge in [-0.3, -0.25) is 9.30 Å². The summed E-state index contributed by atoms with van der Waals surface area (Å²) >= 11 is 0. The van der Waals surface area contributed by atoms with Crippen LogP contribution >= 0.6 is 0 Å². The summed E-state index contributed by atoms with van der Waals surface area (Å²) in [7, 11) is 2.04. The van der Waals surface area contributed by atoms with E-state index in [4.69, 9.17) is 5.73 Å².